The van der Waals surface area contributed by atoms with E-state index in [9.17, 15) is 26.4 Å². The van der Waals surface area contributed by atoms with Crippen LogP contribution in [0.4, 0.5) is 19.0 Å². The van der Waals surface area contributed by atoms with Gasteiger partial charge in [0, 0.05) is 25.8 Å². The number of aryl methyl sites for hydroxylation is 1. The molecule has 1 aromatic heterocycles. The number of carboxylic acid groups (broad SMARTS) is 1. The molecule has 0 radical (unpaired) electrons. The SMILES string of the molecule is COC(=O)C1CN(S(=O)(=O)c2ccc3c(c2)C(C)CC3)CCN1c1ccc(C(F)(F)F)cn1.O=CO. The lowest BCUT2D eigenvalue weighted by Crippen LogP contribution is -2.58. The van der Waals surface area contributed by atoms with Gasteiger partial charge in [-0.3, -0.25) is 4.79 Å². The van der Waals surface area contributed by atoms with E-state index in [1.54, 1.807) is 12.1 Å². The maximum Gasteiger partial charge on any atom is 0.417 e. The van der Waals surface area contributed by atoms with Gasteiger partial charge in [-0.15, -0.1) is 0 Å². The first kappa shape index (κ1) is 27.4. The monoisotopic (exact) mass is 529 g/mol. The molecule has 1 N–H and O–H groups in total. The van der Waals surface area contributed by atoms with Gasteiger partial charge in [-0.05, 0) is 54.2 Å². The number of pyridine rings is 1. The van der Waals surface area contributed by atoms with Crippen molar-refractivity contribution in [3.8, 4) is 0 Å². The summed E-state index contributed by atoms with van der Waals surface area (Å²) in [4.78, 5) is 26.4. The predicted octanol–water partition coefficient (Wildman–Crippen LogP) is 2.90. The summed E-state index contributed by atoms with van der Waals surface area (Å²) in [6.45, 7) is 1.72. The number of benzene rings is 1. The Morgan fingerprint density at radius 2 is 1.92 bits per heavy atom. The van der Waals surface area contributed by atoms with Crippen LogP contribution >= 0.6 is 0 Å². The molecule has 0 bridgehead atoms. The van der Waals surface area contributed by atoms with Gasteiger partial charge in [-0.25, -0.2) is 18.2 Å². The Hall–Kier alpha value is -3.19. The number of carbonyl (C=O) groups excluding carboxylic acids is 1. The molecule has 0 saturated carbocycles. The molecular formula is C23H26F3N3O6S. The number of anilines is 1. The molecule has 4 rings (SSSR count). The fourth-order valence-electron chi connectivity index (χ4n) is 4.41. The molecule has 2 heterocycles. The summed E-state index contributed by atoms with van der Waals surface area (Å²) < 4.78 is 71.4. The molecule has 2 aliphatic rings. The predicted molar refractivity (Wildman–Crippen MR) is 123 cm³/mol. The molecule has 0 spiro atoms. The van der Waals surface area contributed by atoms with Crippen molar-refractivity contribution in [2.45, 2.75) is 42.8 Å². The van der Waals surface area contributed by atoms with Gasteiger partial charge in [-0.1, -0.05) is 13.0 Å². The second-order valence-electron chi connectivity index (χ2n) is 8.40. The number of esters is 1. The third-order valence-corrected chi connectivity index (χ3v) is 8.18. The standard InChI is InChI=1S/C22H24F3N3O4S.CH2O2/c1-14-3-4-15-5-7-17(11-18(14)15)33(30,31)27-9-10-28(19(13-27)21(29)32-2)20-8-6-16(12-26-20)22(23,24)25;2-1-3/h5-8,11-12,14,19H,3-4,9-10,13H2,1-2H3;1H,(H,2,3). The first-order valence-electron chi connectivity index (χ1n) is 11.0. The highest BCUT2D eigenvalue weighted by atomic mass is 32.2. The highest BCUT2D eigenvalue weighted by Gasteiger charge is 2.40. The topological polar surface area (TPSA) is 117 Å². The maximum atomic E-state index is 13.4. The molecule has 1 fully saturated rings. The quantitative estimate of drug-likeness (QED) is 0.475. The summed E-state index contributed by atoms with van der Waals surface area (Å²) in [7, 11) is -2.71. The molecule has 2 unspecified atom stereocenters. The number of hydrogen-bond donors (Lipinski definition) is 1. The third-order valence-electron chi connectivity index (χ3n) is 6.32. The molecule has 36 heavy (non-hydrogen) atoms. The summed E-state index contributed by atoms with van der Waals surface area (Å²) in [5, 5.41) is 6.89. The average Bonchev–Trinajstić information content (AvgIpc) is 3.23. The molecule has 1 aromatic carbocycles. The molecule has 196 valence electrons. The van der Waals surface area contributed by atoms with Crippen molar-refractivity contribution in [3.63, 3.8) is 0 Å². The smallest absolute Gasteiger partial charge is 0.417 e. The summed E-state index contributed by atoms with van der Waals surface area (Å²) in [6.07, 6.45) is -1.95. The van der Waals surface area contributed by atoms with Crippen LogP contribution in [0.25, 0.3) is 0 Å². The summed E-state index contributed by atoms with van der Waals surface area (Å²) in [5.41, 5.74) is 1.26. The molecule has 9 nitrogen and oxygen atoms in total. The van der Waals surface area contributed by atoms with Gasteiger partial charge >= 0.3 is 12.1 Å². The van der Waals surface area contributed by atoms with Crippen LogP contribution in [0.1, 0.15) is 36.0 Å². The maximum absolute atomic E-state index is 13.4. The lowest BCUT2D eigenvalue weighted by atomic mass is 10.0. The molecule has 1 aliphatic heterocycles. The second kappa shape index (κ2) is 10.8. The van der Waals surface area contributed by atoms with Gasteiger partial charge in [0.15, 0.2) is 0 Å². The first-order chi connectivity index (χ1) is 16.9. The number of fused-ring (bicyclic) bond motifs is 1. The third kappa shape index (κ3) is 5.62. The summed E-state index contributed by atoms with van der Waals surface area (Å²) in [6, 6.07) is 6.14. The highest BCUT2D eigenvalue weighted by Crippen LogP contribution is 2.35. The zero-order chi connectivity index (χ0) is 26.7. The Balaban J connectivity index is 0.00000115. The number of alkyl halides is 3. The largest absolute Gasteiger partial charge is 0.483 e. The number of piperazine rings is 1. The number of sulfonamides is 1. The Labute approximate surface area is 206 Å². The van der Waals surface area contributed by atoms with Crippen molar-refractivity contribution >= 4 is 28.3 Å². The highest BCUT2D eigenvalue weighted by molar-refractivity contribution is 7.89. The number of hydrogen-bond acceptors (Lipinski definition) is 7. The van der Waals surface area contributed by atoms with E-state index in [0.717, 1.165) is 30.0 Å². The summed E-state index contributed by atoms with van der Waals surface area (Å²) >= 11 is 0. The lowest BCUT2D eigenvalue weighted by molar-refractivity contribution is -0.143. The summed E-state index contributed by atoms with van der Waals surface area (Å²) in [5.74, 6) is -0.276. The molecule has 2 aromatic rings. The van der Waals surface area contributed by atoms with Gasteiger partial charge in [-0.2, -0.15) is 17.5 Å². The van der Waals surface area contributed by atoms with Gasteiger partial charge in [0.1, 0.15) is 11.9 Å². The number of carbonyl (C=O) groups is 2. The number of rotatable bonds is 4. The molecule has 0 amide bonds. The molecule has 13 heteroatoms. The Kier molecular flexibility index (Phi) is 8.24. The van der Waals surface area contributed by atoms with Crippen LogP contribution in [0.15, 0.2) is 41.4 Å². The van der Waals surface area contributed by atoms with Crippen LogP contribution < -0.4 is 4.90 Å². The average molecular weight is 530 g/mol. The van der Waals surface area contributed by atoms with Crippen LogP contribution in [0, 0.1) is 0 Å². The fraction of sp³-hybridized carbons (Fsp3) is 0.435. The zero-order valence-corrected chi connectivity index (χ0v) is 20.4. The van der Waals surface area contributed by atoms with Crippen molar-refractivity contribution < 1.29 is 41.0 Å². The second-order valence-corrected chi connectivity index (χ2v) is 10.3. The number of halogens is 3. The van der Waals surface area contributed by atoms with Gasteiger partial charge in [0.05, 0.1) is 17.6 Å². The van der Waals surface area contributed by atoms with E-state index in [-0.39, 0.29) is 42.7 Å². The van der Waals surface area contributed by atoms with E-state index < -0.39 is 33.8 Å². The van der Waals surface area contributed by atoms with E-state index in [4.69, 9.17) is 14.6 Å². The van der Waals surface area contributed by atoms with Crippen LogP contribution in [-0.4, -0.2) is 68.0 Å². The minimum atomic E-state index is -4.53. The van der Waals surface area contributed by atoms with Gasteiger partial charge in [0.25, 0.3) is 6.47 Å². The van der Waals surface area contributed by atoms with Crippen molar-refractivity contribution in [1.29, 1.82) is 0 Å². The van der Waals surface area contributed by atoms with E-state index in [2.05, 4.69) is 11.9 Å². The van der Waals surface area contributed by atoms with Crippen molar-refractivity contribution in [3.05, 3.63) is 53.2 Å². The normalized spacial score (nSPS) is 20.2. The first-order valence-corrected chi connectivity index (χ1v) is 12.5. The number of ether oxygens (including phenoxy) is 1. The van der Waals surface area contributed by atoms with Crippen LogP contribution in [-0.2, 0) is 36.9 Å². The minimum Gasteiger partial charge on any atom is -0.483 e. The van der Waals surface area contributed by atoms with Gasteiger partial charge < -0.3 is 14.7 Å². The van der Waals surface area contributed by atoms with E-state index in [0.29, 0.717) is 6.20 Å². The van der Waals surface area contributed by atoms with E-state index >= 15 is 0 Å². The molecular weight excluding hydrogens is 503 g/mol. The van der Waals surface area contributed by atoms with E-state index in [1.807, 2.05) is 6.07 Å². The zero-order valence-electron chi connectivity index (χ0n) is 19.6. The van der Waals surface area contributed by atoms with Crippen molar-refractivity contribution in [2.75, 3.05) is 31.6 Å². The number of methoxy groups -OCH3 is 1. The Morgan fingerprint density at radius 3 is 2.50 bits per heavy atom. The fourth-order valence-corrected chi connectivity index (χ4v) is 5.88. The Bertz CT molecular complexity index is 1200. The number of nitrogens with zero attached hydrogens (tertiary/aromatic N) is 3. The number of aromatic nitrogens is 1. The Morgan fingerprint density at radius 1 is 1.22 bits per heavy atom. The molecule has 1 aliphatic carbocycles. The molecule has 2 atom stereocenters. The van der Waals surface area contributed by atoms with Crippen molar-refractivity contribution in [1.82, 2.24) is 9.29 Å². The van der Waals surface area contributed by atoms with Crippen LogP contribution in [0.2, 0.25) is 0 Å². The van der Waals surface area contributed by atoms with Crippen LogP contribution in [0.5, 0.6) is 0 Å². The van der Waals surface area contributed by atoms with Crippen LogP contribution in [0.3, 0.4) is 0 Å². The van der Waals surface area contributed by atoms with Crippen molar-refractivity contribution in [2.24, 2.45) is 0 Å². The van der Waals surface area contributed by atoms with E-state index in [1.165, 1.54) is 22.4 Å². The van der Waals surface area contributed by atoms with Gasteiger partial charge in [0.2, 0.25) is 10.0 Å². The molecule has 1 saturated heterocycles. The minimum absolute atomic E-state index is 0.0468. The lowest BCUT2D eigenvalue weighted by Gasteiger charge is -2.39.